The van der Waals surface area contributed by atoms with Gasteiger partial charge in [-0.3, -0.25) is 4.79 Å². The highest BCUT2D eigenvalue weighted by atomic mass is 19.1. The smallest absolute Gasteiger partial charge is 0.317 e. The minimum absolute atomic E-state index is 0.219. The molecule has 26 heavy (non-hydrogen) atoms. The number of H-pyrrole nitrogens is 1. The molecule has 4 rings (SSSR count). The normalized spacial score (nSPS) is 19.1. The molecule has 1 aromatic heterocycles. The van der Waals surface area contributed by atoms with Crippen molar-refractivity contribution in [3.8, 4) is 0 Å². The number of carbonyl (C=O) groups excluding carboxylic acids is 1. The van der Waals surface area contributed by atoms with Crippen molar-refractivity contribution in [1.29, 1.82) is 0 Å². The van der Waals surface area contributed by atoms with Gasteiger partial charge in [-0.05, 0) is 51.2 Å². The van der Waals surface area contributed by atoms with E-state index in [0.29, 0.717) is 36.0 Å². The van der Waals surface area contributed by atoms with Crippen LogP contribution < -0.4 is 10.5 Å². The Morgan fingerprint density at radius 3 is 2.69 bits per heavy atom. The number of hydrogen-bond donors (Lipinski definition) is 1. The molecular weight excluding hydrogens is 337 g/mol. The molecule has 1 unspecified atom stereocenters. The molecule has 1 fully saturated rings. The number of urea groups is 1. The van der Waals surface area contributed by atoms with Crippen LogP contribution in [0.25, 0.3) is 0 Å². The van der Waals surface area contributed by atoms with E-state index in [2.05, 4.69) is 9.97 Å². The molecule has 8 heteroatoms. The van der Waals surface area contributed by atoms with Crippen LogP contribution in [0.4, 0.5) is 20.7 Å². The first-order valence-corrected chi connectivity index (χ1v) is 8.60. The third-order valence-corrected chi connectivity index (χ3v) is 4.77. The van der Waals surface area contributed by atoms with Crippen LogP contribution in [0.1, 0.15) is 30.3 Å². The number of fused-ring (bicyclic) bond motifs is 3. The minimum Gasteiger partial charge on any atom is -0.317 e. The van der Waals surface area contributed by atoms with E-state index in [0.717, 1.165) is 12.8 Å². The molecule has 0 radical (unpaired) electrons. The Hall–Kier alpha value is -2.74. The number of benzene rings is 1. The Morgan fingerprint density at radius 2 is 2.00 bits per heavy atom. The van der Waals surface area contributed by atoms with Crippen molar-refractivity contribution < 1.29 is 9.18 Å². The maximum atomic E-state index is 13.3. The number of nitrogens with zero attached hydrogens (tertiary/aromatic N) is 4. The second-order valence-electron chi connectivity index (χ2n) is 6.93. The number of hydrogen-bond acceptors (Lipinski definition) is 4. The van der Waals surface area contributed by atoms with Crippen molar-refractivity contribution in [3.63, 3.8) is 0 Å². The highest BCUT2D eigenvalue weighted by molar-refractivity contribution is 6.01. The predicted molar refractivity (Wildman–Crippen MR) is 94.9 cm³/mol. The van der Waals surface area contributed by atoms with Crippen molar-refractivity contribution >= 4 is 17.5 Å². The maximum absolute atomic E-state index is 13.3. The Kier molecular flexibility index (Phi) is 3.99. The molecule has 0 aliphatic carbocycles. The summed E-state index contributed by atoms with van der Waals surface area (Å²) in [6.07, 6.45) is 1.58. The molecule has 0 spiro atoms. The van der Waals surface area contributed by atoms with Gasteiger partial charge in [-0.15, -0.1) is 0 Å². The number of halogens is 1. The van der Waals surface area contributed by atoms with Gasteiger partial charge in [-0.2, -0.15) is 0 Å². The van der Waals surface area contributed by atoms with Crippen LogP contribution in [0.2, 0.25) is 0 Å². The van der Waals surface area contributed by atoms with Crippen LogP contribution in [-0.4, -0.2) is 46.4 Å². The summed E-state index contributed by atoms with van der Waals surface area (Å²) in [7, 11) is 3.75. The van der Waals surface area contributed by atoms with Gasteiger partial charge in [-0.1, -0.05) is 0 Å². The molecule has 2 aliphatic heterocycles. The Morgan fingerprint density at radius 1 is 1.27 bits per heavy atom. The molecule has 1 aromatic carbocycles. The summed E-state index contributed by atoms with van der Waals surface area (Å²) in [5.74, 6) is 0.458. The minimum atomic E-state index is -0.385. The summed E-state index contributed by atoms with van der Waals surface area (Å²) in [6, 6.07) is 5.18. The zero-order chi connectivity index (χ0) is 18.4. The topological polar surface area (TPSA) is 72.5 Å². The molecule has 0 saturated carbocycles. The van der Waals surface area contributed by atoms with E-state index in [-0.39, 0.29) is 23.4 Å². The van der Waals surface area contributed by atoms with E-state index in [1.807, 2.05) is 19.0 Å². The van der Waals surface area contributed by atoms with Crippen molar-refractivity contribution in [3.05, 3.63) is 51.8 Å². The number of rotatable bonds is 3. The lowest BCUT2D eigenvalue weighted by Crippen LogP contribution is -2.48. The first-order valence-electron chi connectivity index (χ1n) is 8.60. The Bertz CT molecular complexity index is 909. The fourth-order valence-electron chi connectivity index (χ4n) is 3.70. The third kappa shape index (κ3) is 2.66. The summed E-state index contributed by atoms with van der Waals surface area (Å²) in [6.45, 7) is 1.04. The zero-order valence-corrected chi connectivity index (χ0v) is 14.7. The number of anilines is 2. The van der Waals surface area contributed by atoms with Gasteiger partial charge in [0.2, 0.25) is 0 Å². The van der Waals surface area contributed by atoms with Gasteiger partial charge in [-0.25, -0.2) is 19.1 Å². The number of nitrogens with one attached hydrogen (secondary N) is 1. The molecule has 0 bridgehead atoms. The fourth-order valence-corrected chi connectivity index (χ4v) is 3.70. The van der Waals surface area contributed by atoms with E-state index in [1.54, 1.807) is 4.90 Å². The van der Waals surface area contributed by atoms with Crippen LogP contribution in [0.15, 0.2) is 29.1 Å². The Balaban J connectivity index is 1.91. The molecular formula is C18H20FN5O2. The molecule has 1 N–H and O–H groups in total. The van der Waals surface area contributed by atoms with E-state index >= 15 is 0 Å². The SMILES string of the molecule is CN(C)Cc1nc2c(c(=O)[nH]1)C1CCCN1C(=O)N2c1ccc(F)cc1. The quantitative estimate of drug-likeness (QED) is 0.915. The first-order chi connectivity index (χ1) is 12.5. The van der Waals surface area contributed by atoms with E-state index in [9.17, 15) is 14.0 Å². The number of amides is 2. The van der Waals surface area contributed by atoms with Crippen LogP contribution in [0, 0.1) is 5.82 Å². The van der Waals surface area contributed by atoms with Crippen LogP contribution in [0.5, 0.6) is 0 Å². The van der Waals surface area contributed by atoms with E-state index in [4.69, 9.17) is 0 Å². The maximum Gasteiger partial charge on any atom is 0.330 e. The molecule has 1 atom stereocenters. The van der Waals surface area contributed by atoms with Gasteiger partial charge >= 0.3 is 6.03 Å². The van der Waals surface area contributed by atoms with Crippen LogP contribution in [-0.2, 0) is 6.54 Å². The molecule has 7 nitrogen and oxygen atoms in total. The molecule has 1 saturated heterocycles. The average Bonchev–Trinajstić information content (AvgIpc) is 3.05. The lowest BCUT2D eigenvalue weighted by Gasteiger charge is -2.37. The van der Waals surface area contributed by atoms with Gasteiger partial charge in [0.05, 0.1) is 23.8 Å². The van der Waals surface area contributed by atoms with E-state index < -0.39 is 0 Å². The molecule has 136 valence electrons. The average molecular weight is 357 g/mol. The third-order valence-electron chi connectivity index (χ3n) is 4.77. The summed E-state index contributed by atoms with van der Waals surface area (Å²) in [5, 5.41) is 0. The van der Waals surface area contributed by atoms with Crippen molar-refractivity contribution in [1.82, 2.24) is 19.8 Å². The standard InChI is InChI=1S/C18H20FN5O2/c1-22(2)10-14-20-16-15(17(25)21-14)13-4-3-9-23(13)18(26)24(16)12-7-5-11(19)6-8-12/h5-8,13H,3-4,9-10H2,1-2H3,(H,20,21,25). The largest absolute Gasteiger partial charge is 0.330 e. The van der Waals surface area contributed by atoms with Gasteiger partial charge < -0.3 is 14.8 Å². The van der Waals surface area contributed by atoms with Crippen molar-refractivity contribution in [2.45, 2.75) is 25.4 Å². The van der Waals surface area contributed by atoms with Crippen molar-refractivity contribution in [2.24, 2.45) is 0 Å². The van der Waals surface area contributed by atoms with E-state index in [1.165, 1.54) is 29.2 Å². The summed E-state index contributed by atoms with van der Waals surface area (Å²) < 4.78 is 13.3. The number of aromatic nitrogens is 2. The van der Waals surface area contributed by atoms with Crippen LogP contribution >= 0.6 is 0 Å². The predicted octanol–water partition coefficient (Wildman–Crippen LogP) is 2.38. The summed E-state index contributed by atoms with van der Waals surface area (Å²) in [5.41, 5.74) is 0.786. The lowest BCUT2D eigenvalue weighted by atomic mass is 10.0. The monoisotopic (exact) mass is 357 g/mol. The summed E-state index contributed by atoms with van der Waals surface area (Å²) >= 11 is 0. The molecule has 2 amide bonds. The van der Waals surface area contributed by atoms with Gasteiger partial charge in [0.25, 0.3) is 5.56 Å². The summed E-state index contributed by atoms with van der Waals surface area (Å²) in [4.78, 5) is 38.4. The second kappa shape index (κ2) is 6.21. The number of carbonyl (C=O) groups is 1. The van der Waals surface area contributed by atoms with Crippen molar-refractivity contribution in [2.75, 3.05) is 25.5 Å². The van der Waals surface area contributed by atoms with Gasteiger partial charge in [0.1, 0.15) is 11.6 Å². The highest BCUT2D eigenvalue weighted by Crippen LogP contribution is 2.42. The van der Waals surface area contributed by atoms with Gasteiger partial charge in [0.15, 0.2) is 5.82 Å². The Labute approximate surface area is 150 Å². The molecule has 2 aromatic rings. The number of aromatic amines is 1. The first kappa shape index (κ1) is 16.7. The van der Waals surface area contributed by atoms with Gasteiger partial charge in [0, 0.05) is 6.54 Å². The molecule has 2 aliphatic rings. The molecule has 3 heterocycles. The van der Waals surface area contributed by atoms with Crippen LogP contribution in [0.3, 0.4) is 0 Å². The zero-order valence-electron chi connectivity index (χ0n) is 14.7. The highest BCUT2D eigenvalue weighted by Gasteiger charge is 2.43. The second-order valence-corrected chi connectivity index (χ2v) is 6.93. The fraction of sp³-hybridized carbons (Fsp3) is 0.389. The lowest BCUT2D eigenvalue weighted by molar-refractivity contribution is 0.197.